The Morgan fingerprint density at radius 1 is 1.61 bits per heavy atom. The van der Waals surface area contributed by atoms with Crippen LogP contribution in [0.5, 0.6) is 0 Å². The minimum absolute atomic E-state index is 0.355. The lowest BCUT2D eigenvalue weighted by atomic mass is 9.82. The summed E-state index contributed by atoms with van der Waals surface area (Å²) in [6.07, 6.45) is 2.68. The van der Waals surface area contributed by atoms with Gasteiger partial charge in [0.2, 0.25) is 0 Å². The van der Waals surface area contributed by atoms with Gasteiger partial charge < -0.3 is 19.5 Å². The molecule has 0 saturated carbocycles. The fraction of sp³-hybridized carbons (Fsp3) is 0.923. The van der Waals surface area contributed by atoms with Crippen molar-refractivity contribution >= 4 is 5.97 Å². The number of methoxy groups -OCH3 is 1. The Bertz CT molecular complexity index is 289. The molecule has 2 atom stereocenters. The fourth-order valence-electron chi connectivity index (χ4n) is 3.07. The molecule has 5 nitrogen and oxygen atoms in total. The Morgan fingerprint density at radius 3 is 3.06 bits per heavy atom. The molecule has 0 aromatic heterocycles. The van der Waals surface area contributed by atoms with Crippen molar-refractivity contribution in [3.05, 3.63) is 0 Å². The van der Waals surface area contributed by atoms with E-state index in [1.54, 1.807) is 7.11 Å². The van der Waals surface area contributed by atoms with Crippen molar-refractivity contribution in [2.24, 2.45) is 11.3 Å². The van der Waals surface area contributed by atoms with Crippen LogP contribution in [-0.4, -0.2) is 62.5 Å². The van der Waals surface area contributed by atoms with Crippen LogP contribution in [0.25, 0.3) is 0 Å². The lowest BCUT2D eigenvalue weighted by molar-refractivity contribution is -0.159. The zero-order valence-electron chi connectivity index (χ0n) is 11.1. The lowest BCUT2D eigenvalue weighted by Crippen LogP contribution is -2.48. The monoisotopic (exact) mass is 257 g/mol. The van der Waals surface area contributed by atoms with Gasteiger partial charge in [-0.3, -0.25) is 4.79 Å². The second-order valence-corrected chi connectivity index (χ2v) is 5.59. The first-order chi connectivity index (χ1) is 8.66. The van der Waals surface area contributed by atoms with Gasteiger partial charge >= 0.3 is 5.97 Å². The molecule has 0 amide bonds. The van der Waals surface area contributed by atoms with E-state index in [1.807, 2.05) is 0 Å². The van der Waals surface area contributed by atoms with Crippen molar-refractivity contribution in [3.8, 4) is 0 Å². The Labute approximate surface area is 108 Å². The molecule has 0 spiro atoms. The summed E-state index contributed by atoms with van der Waals surface area (Å²) in [7, 11) is 1.72. The van der Waals surface area contributed by atoms with Gasteiger partial charge in [0.1, 0.15) is 5.41 Å². The molecule has 2 aliphatic heterocycles. The highest BCUT2D eigenvalue weighted by atomic mass is 16.5. The van der Waals surface area contributed by atoms with E-state index >= 15 is 0 Å². The SMILES string of the molecule is COCC1CCN(CC2(C(=O)O)CCCOC2)C1. The van der Waals surface area contributed by atoms with E-state index in [9.17, 15) is 9.90 Å². The molecule has 0 aliphatic carbocycles. The van der Waals surface area contributed by atoms with Crippen LogP contribution in [0.15, 0.2) is 0 Å². The third kappa shape index (κ3) is 3.02. The smallest absolute Gasteiger partial charge is 0.313 e. The summed E-state index contributed by atoms with van der Waals surface area (Å²) < 4.78 is 10.6. The van der Waals surface area contributed by atoms with Gasteiger partial charge in [-0.15, -0.1) is 0 Å². The largest absolute Gasteiger partial charge is 0.481 e. The number of hydrogen-bond donors (Lipinski definition) is 1. The van der Waals surface area contributed by atoms with Crippen LogP contribution in [-0.2, 0) is 14.3 Å². The number of hydrogen-bond acceptors (Lipinski definition) is 4. The average Bonchev–Trinajstić information content (AvgIpc) is 2.78. The summed E-state index contributed by atoms with van der Waals surface area (Å²) in [5.74, 6) is -0.164. The van der Waals surface area contributed by atoms with Crippen LogP contribution in [0.4, 0.5) is 0 Å². The highest BCUT2D eigenvalue weighted by Gasteiger charge is 2.43. The van der Waals surface area contributed by atoms with E-state index in [0.717, 1.165) is 39.0 Å². The van der Waals surface area contributed by atoms with Crippen molar-refractivity contribution in [1.29, 1.82) is 0 Å². The summed E-state index contributed by atoms with van der Waals surface area (Å²) >= 11 is 0. The van der Waals surface area contributed by atoms with Crippen molar-refractivity contribution in [1.82, 2.24) is 4.90 Å². The maximum atomic E-state index is 11.5. The molecule has 18 heavy (non-hydrogen) atoms. The molecule has 2 aliphatic rings. The molecule has 2 rings (SSSR count). The predicted octanol–water partition coefficient (Wildman–Crippen LogP) is 0.836. The molecule has 0 aromatic carbocycles. The number of rotatable bonds is 5. The van der Waals surface area contributed by atoms with Crippen molar-refractivity contribution < 1.29 is 19.4 Å². The highest BCUT2D eigenvalue weighted by Crippen LogP contribution is 2.32. The molecule has 0 bridgehead atoms. The van der Waals surface area contributed by atoms with Crippen LogP contribution < -0.4 is 0 Å². The normalized spacial score (nSPS) is 33.7. The molecule has 2 fully saturated rings. The van der Waals surface area contributed by atoms with Gasteiger partial charge in [0.15, 0.2) is 0 Å². The molecule has 0 aromatic rings. The highest BCUT2D eigenvalue weighted by molar-refractivity contribution is 5.75. The van der Waals surface area contributed by atoms with Gasteiger partial charge in [-0.25, -0.2) is 0 Å². The second-order valence-electron chi connectivity index (χ2n) is 5.59. The first kappa shape index (κ1) is 13.8. The van der Waals surface area contributed by atoms with E-state index in [-0.39, 0.29) is 0 Å². The summed E-state index contributed by atoms with van der Waals surface area (Å²) in [4.78, 5) is 13.8. The Kier molecular flexibility index (Phi) is 4.59. The van der Waals surface area contributed by atoms with Crippen LogP contribution in [0, 0.1) is 11.3 Å². The van der Waals surface area contributed by atoms with E-state index in [1.165, 1.54) is 0 Å². The Balaban J connectivity index is 1.92. The van der Waals surface area contributed by atoms with Crippen LogP contribution in [0.2, 0.25) is 0 Å². The molecule has 2 unspecified atom stereocenters. The minimum Gasteiger partial charge on any atom is -0.481 e. The number of likely N-dealkylation sites (tertiary alicyclic amines) is 1. The maximum absolute atomic E-state index is 11.5. The Hall–Kier alpha value is -0.650. The van der Waals surface area contributed by atoms with Gasteiger partial charge in [-0.1, -0.05) is 0 Å². The van der Waals surface area contributed by atoms with Gasteiger partial charge in [-0.05, 0) is 31.7 Å². The van der Waals surface area contributed by atoms with E-state index in [0.29, 0.717) is 25.7 Å². The number of carboxylic acid groups (broad SMARTS) is 1. The first-order valence-corrected chi connectivity index (χ1v) is 6.69. The number of ether oxygens (including phenoxy) is 2. The third-order valence-corrected chi connectivity index (χ3v) is 4.07. The fourth-order valence-corrected chi connectivity index (χ4v) is 3.07. The van der Waals surface area contributed by atoms with Crippen LogP contribution in [0.3, 0.4) is 0 Å². The summed E-state index contributed by atoms with van der Waals surface area (Å²) in [6, 6.07) is 0. The summed E-state index contributed by atoms with van der Waals surface area (Å²) in [6.45, 7) is 4.36. The maximum Gasteiger partial charge on any atom is 0.313 e. The van der Waals surface area contributed by atoms with Crippen molar-refractivity contribution in [2.45, 2.75) is 19.3 Å². The Morgan fingerprint density at radius 2 is 2.44 bits per heavy atom. The van der Waals surface area contributed by atoms with E-state index in [4.69, 9.17) is 9.47 Å². The molecular weight excluding hydrogens is 234 g/mol. The predicted molar refractivity (Wildman–Crippen MR) is 66.5 cm³/mol. The standard InChI is InChI=1S/C13H23NO4/c1-17-8-11-3-5-14(7-11)9-13(12(15)16)4-2-6-18-10-13/h11H,2-10H2,1H3,(H,15,16). The summed E-state index contributed by atoms with van der Waals surface area (Å²) in [5.41, 5.74) is -0.694. The molecule has 2 heterocycles. The van der Waals surface area contributed by atoms with E-state index in [2.05, 4.69) is 4.90 Å². The quantitative estimate of drug-likeness (QED) is 0.790. The average molecular weight is 257 g/mol. The number of aliphatic carboxylic acids is 1. The zero-order valence-corrected chi connectivity index (χ0v) is 11.1. The second kappa shape index (κ2) is 5.99. The van der Waals surface area contributed by atoms with Crippen molar-refractivity contribution in [3.63, 3.8) is 0 Å². The summed E-state index contributed by atoms with van der Waals surface area (Å²) in [5, 5.41) is 9.49. The van der Waals surface area contributed by atoms with Gasteiger partial charge in [0.05, 0.1) is 13.2 Å². The van der Waals surface area contributed by atoms with Gasteiger partial charge in [0, 0.05) is 26.8 Å². The van der Waals surface area contributed by atoms with Gasteiger partial charge in [-0.2, -0.15) is 0 Å². The minimum atomic E-state index is -0.711. The molecule has 0 radical (unpaired) electrons. The molecule has 5 heteroatoms. The third-order valence-electron chi connectivity index (χ3n) is 4.07. The van der Waals surface area contributed by atoms with Crippen LogP contribution in [0.1, 0.15) is 19.3 Å². The van der Waals surface area contributed by atoms with Gasteiger partial charge in [0.25, 0.3) is 0 Å². The number of carbonyl (C=O) groups is 1. The number of carboxylic acids is 1. The molecule has 2 saturated heterocycles. The topological polar surface area (TPSA) is 59.0 Å². The molecular formula is C13H23NO4. The van der Waals surface area contributed by atoms with Crippen molar-refractivity contribution in [2.75, 3.05) is 46.6 Å². The van der Waals surface area contributed by atoms with E-state index < -0.39 is 11.4 Å². The molecule has 104 valence electrons. The number of nitrogens with zero attached hydrogens (tertiary/aromatic N) is 1. The van der Waals surface area contributed by atoms with Crippen LogP contribution >= 0.6 is 0 Å². The zero-order chi connectivity index (χ0) is 13.0. The molecule has 1 N–H and O–H groups in total. The lowest BCUT2D eigenvalue weighted by Gasteiger charge is -2.36. The first-order valence-electron chi connectivity index (χ1n) is 6.69.